The molecule has 0 aliphatic carbocycles. The second kappa shape index (κ2) is 6.86. The number of β-amino-alcohol motifs (C(OH)–C–C–N with tert-alkyl or cyclic N) is 1. The first-order chi connectivity index (χ1) is 7.67. The predicted molar refractivity (Wildman–Crippen MR) is 64.2 cm³/mol. The molecule has 0 aromatic heterocycles. The first kappa shape index (κ1) is 13.5. The van der Waals surface area contributed by atoms with Crippen molar-refractivity contribution in [2.75, 3.05) is 32.7 Å². The maximum atomic E-state index is 11.6. The van der Waals surface area contributed by atoms with Crippen LogP contribution in [0.15, 0.2) is 0 Å². The van der Waals surface area contributed by atoms with Crippen molar-refractivity contribution in [3.63, 3.8) is 0 Å². The van der Waals surface area contributed by atoms with Gasteiger partial charge in [0.1, 0.15) is 0 Å². The molecule has 1 N–H and O–H groups in total. The van der Waals surface area contributed by atoms with Crippen molar-refractivity contribution >= 4 is 5.91 Å². The molecule has 4 heteroatoms. The topological polar surface area (TPSA) is 43.8 Å². The molecule has 0 saturated carbocycles. The third kappa shape index (κ3) is 4.10. The number of hydrogen-bond acceptors (Lipinski definition) is 3. The van der Waals surface area contributed by atoms with Gasteiger partial charge < -0.3 is 10.0 Å². The minimum absolute atomic E-state index is 0.228. The summed E-state index contributed by atoms with van der Waals surface area (Å²) in [7, 11) is 0. The lowest BCUT2D eigenvalue weighted by Crippen LogP contribution is -2.37. The van der Waals surface area contributed by atoms with Gasteiger partial charge in [-0.15, -0.1) is 0 Å². The molecule has 0 radical (unpaired) electrons. The number of hydrogen-bond donors (Lipinski definition) is 1. The van der Waals surface area contributed by atoms with Gasteiger partial charge in [0.2, 0.25) is 5.91 Å². The number of nitrogens with zero attached hydrogens (tertiary/aromatic N) is 2. The highest BCUT2D eigenvalue weighted by molar-refractivity contribution is 5.75. The highest BCUT2D eigenvalue weighted by atomic mass is 16.3. The van der Waals surface area contributed by atoms with Crippen molar-refractivity contribution in [2.45, 2.75) is 39.2 Å². The Bertz CT molecular complexity index is 221. The molecule has 1 saturated heterocycles. The summed E-state index contributed by atoms with van der Waals surface area (Å²) in [6, 6.07) is 0. The Morgan fingerprint density at radius 1 is 1.25 bits per heavy atom. The van der Waals surface area contributed by atoms with Crippen LogP contribution >= 0.6 is 0 Å². The second-order valence-corrected chi connectivity index (χ2v) is 4.45. The Morgan fingerprint density at radius 2 is 2.00 bits per heavy atom. The van der Waals surface area contributed by atoms with Crippen LogP contribution in [0.4, 0.5) is 0 Å². The number of amides is 1. The zero-order valence-electron chi connectivity index (χ0n) is 10.5. The lowest BCUT2D eigenvalue weighted by Gasteiger charge is -2.23. The molecule has 1 rings (SSSR count). The number of aliphatic hydroxyl groups is 1. The molecule has 16 heavy (non-hydrogen) atoms. The zero-order chi connectivity index (χ0) is 12.0. The summed E-state index contributed by atoms with van der Waals surface area (Å²) in [6.07, 6.45) is 2.18. The molecular formula is C12H24N2O2. The van der Waals surface area contributed by atoms with Gasteiger partial charge in [-0.3, -0.25) is 9.69 Å². The van der Waals surface area contributed by atoms with E-state index < -0.39 is 0 Å². The Labute approximate surface area is 98.2 Å². The molecular weight excluding hydrogens is 204 g/mol. The molecule has 0 aromatic rings. The summed E-state index contributed by atoms with van der Waals surface area (Å²) in [5.74, 6) is 0.248. The van der Waals surface area contributed by atoms with E-state index in [1.165, 1.54) is 0 Å². The minimum Gasteiger partial charge on any atom is -0.392 e. The standard InChI is InChI=1S/C12H24N2O2/c1-3-11(15)10-13-6-5-7-14(9-8-13)12(16)4-2/h11,15H,3-10H2,1-2H3. The first-order valence-corrected chi connectivity index (χ1v) is 6.35. The molecule has 0 aromatic carbocycles. The van der Waals surface area contributed by atoms with Gasteiger partial charge in [-0.1, -0.05) is 13.8 Å². The number of aliphatic hydroxyl groups excluding tert-OH is 1. The number of rotatable bonds is 4. The second-order valence-electron chi connectivity index (χ2n) is 4.45. The molecule has 94 valence electrons. The van der Waals surface area contributed by atoms with Crippen molar-refractivity contribution in [1.29, 1.82) is 0 Å². The monoisotopic (exact) mass is 228 g/mol. The molecule has 4 nitrogen and oxygen atoms in total. The zero-order valence-corrected chi connectivity index (χ0v) is 10.5. The van der Waals surface area contributed by atoms with Crippen molar-refractivity contribution < 1.29 is 9.90 Å². The third-order valence-corrected chi connectivity index (χ3v) is 3.18. The van der Waals surface area contributed by atoms with E-state index >= 15 is 0 Å². The first-order valence-electron chi connectivity index (χ1n) is 6.35. The number of carbonyl (C=O) groups is 1. The number of carbonyl (C=O) groups excluding carboxylic acids is 1. The van der Waals surface area contributed by atoms with E-state index in [0.29, 0.717) is 6.42 Å². The van der Waals surface area contributed by atoms with Crippen molar-refractivity contribution in [1.82, 2.24) is 9.80 Å². The smallest absolute Gasteiger partial charge is 0.222 e. The lowest BCUT2D eigenvalue weighted by atomic mass is 10.2. The quantitative estimate of drug-likeness (QED) is 0.770. The van der Waals surface area contributed by atoms with Gasteiger partial charge in [-0.05, 0) is 19.4 Å². The summed E-state index contributed by atoms with van der Waals surface area (Å²) in [6.45, 7) is 8.20. The fraction of sp³-hybridized carbons (Fsp3) is 0.917. The Balaban J connectivity index is 2.37. The van der Waals surface area contributed by atoms with Crippen LogP contribution < -0.4 is 0 Å². The van der Waals surface area contributed by atoms with E-state index in [0.717, 1.165) is 45.6 Å². The van der Waals surface area contributed by atoms with Crippen LogP contribution in [0.2, 0.25) is 0 Å². The molecule has 1 fully saturated rings. The molecule has 1 heterocycles. The summed E-state index contributed by atoms with van der Waals surface area (Å²) in [4.78, 5) is 15.8. The van der Waals surface area contributed by atoms with Gasteiger partial charge in [-0.2, -0.15) is 0 Å². The lowest BCUT2D eigenvalue weighted by molar-refractivity contribution is -0.130. The van der Waals surface area contributed by atoms with Crippen molar-refractivity contribution in [2.24, 2.45) is 0 Å². The maximum absolute atomic E-state index is 11.6. The van der Waals surface area contributed by atoms with Gasteiger partial charge in [0.05, 0.1) is 6.10 Å². The van der Waals surface area contributed by atoms with Gasteiger partial charge >= 0.3 is 0 Å². The summed E-state index contributed by atoms with van der Waals surface area (Å²) >= 11 is 0. The van der Waals surface area contributed by atoms with Crippen LogP contribution in [-0.2, 0) is 4.79 Å². The van der Waals surface area contributed by atoms with E-state index in [2.05, 4.69) is 4.90 Å². The highest BCUT2D eigenvalue weighted by Gasteiger charge is 2.18. The minimum atomic E-state index is -0.228. The molecule has 0 bridgehead atoms. The summed E-state index contributed by atoms with van der Waals surface area (Å²) in [5, 5.41) is 9.60. The summed E-state index contributed by atoms with van der Waals surface area (Å²) < 4.78 is 0. The van der Waals surface area contributed by atoms with Crippen LogP contribution in [0.5, 0.6) is 0 Å². The maximum Gasteiger partial charge on any atom is 0.222 e. The van der Waals surface area contributed by atoms with Gasteiger partial charge in [-0.25, -0.2) is 0 Å². The average molecular weight is 228 g/mol. The fourth-order valence-electron chi connectivity index (χ4n) is 2.05. The van der Waals surface area contributed by atoms with Crippen molar-refractivity contribution in [3.05, 3.63) is 0 Å². The van der Waals surface area contributed by atoms with Crippen molar-refractivity contribution in [3.8, 4) is 0 Å². The average Bonchev–Trinajstić information content (AvgIpc) is 2.53. The van der Waals surface area contributed by atoms with E-state index in [1.807, 2.05) is 18.7 Å². The Morgan fingerprint density at radius 3 is 2.62 bits per heavy atom. The fourth-order valence-corrected chi connectivity index (χ4v) is 2.05. The van der Waals surface area contributed by atoms with Gasteiger partial charge in [0.15, 0.2) is 0 Å². The van der Waals surface area contributed by atoms with Crippen LogP contribution in [0.3, 0.4) is 0 Å². The normalized spacial score (nSPS) is 20.6. The van der Waals surface area contributed by atoms with Gasteiger partial charge in [0, 0.05) is 32.6 Å². The van der Waals surface area contributed by atoms with E-state index in [-0.39, 0.29) is 12.0 Å². The molecule has 1 unspecified atom stereocenters. The predicted octanol–water partition coefficient (Wildman–Crippen LogP) is 0.702. The largest absolute Gasteiger partial charge is 0.392 e. The molecule has 1 amide bonds. The Kier molecular flexibility index (Phi) is 5.77. The SMILES string of the molecule is CCC(=O)N1CCCN(CC(O)CC)CC1. The van der Waals surface area contributed by atoms with Crippen LogP contribution in [0, 0.1) is 0 Å². The van der Waals surface area contributed by atoms with Crippen LogP contribution in [-0.4, -0.2) is 59.6 Å². The molecule has 1 aliphatic heterocycles. The van der Waals surface area contributed by atoms with E-state index in [4.69, 9.17) is 0 Å². The van der Waals surface area contributed by atoms with Gasteiger partial charge in [0.25, 0.3) is 0 Å². The summed E-state index contributed by atoms with van der Waals surface area (Å²) in [5.41, 5.74) is 0. The molecule has 1 atom stereocenters. The molecule has 1 aliphatic rings. The van der Waals surface area contributed by atoms with E-state index in [9.17, 15) is 9.90 Å². The van der Waals surface area contributed by atoms with E-state index in [1.54, 1.807) is 0 Å². The third-order valence-electron chi connectivity index (χ3n) is 3.18. The van der Waals surface area contributed by atoms with Crippen LogP contribution in [0.25, 0.3) is 0 Å². The molecule has 0 spiro atoms. The highest BCUT2D eigenvalue weighted by Crippen LogP contribution is 2.06. The van der Waals surface area contributed by atoms with Crippen LogP contribution in [0.1, 0.15) is 33.1 Å². The Hall–Kier alpha value is -0.610.